The summed E-state index contributed by atoms with van der Waals surface area (Å²) in [6, 6.07) is 11.5. The molecule has 2 aromatic rings. The molecular weight excluding hydrogens is 258 g/mol. The molecule has 0 aliphatic rings. The second-order valence-electron chi connectivity index (χ2n) is 4.12. The predicted molar refractivity (Wildman–Crippen MR) is 77.8 cm³/mol. The average molecular weight is 275 g/mol. The summed E-state index contributed by atoms with van der Waals surface area (Å²) in [5.74, 6) is 1.45. The normalized spacial score (nSPS) is 12.2. The van der Waals surface area contributed by atoms with Gasteiger partial charge in [-0.05, 0) is 49.1 Å². The SMILES string of the molecule is CC[C@H](O)c1ccc(Oc2ccc(SC)cc2)cn1. The van der Waals surface area contributed by atoms with Crippen molar-refractivity contribution in [3.63, 3.8) is 0 Å². The van der Waals surface area contributed by atoms with Gasteiger partial charge in [0.15, 0.2) is 0 Å². The van der Waals surface area contributed by atoms with Gasteiger partial charge in [-0.3, -0.25) is 4.98 Å². The van der Waals surface area contributed by atoms with Crippen molar-refractivity contribution in [3.8, 4) is 11.5 Å². The van der Waals surface area contributed by atoms with Crippen LogP contribution >= 0.6 is 11.8 Å². The number of aliphatic hydroxyl groups is 1. The molecule has 3 nitrogen and oxygen atoms in total. The molecule has 0 amide bonds. The molecule has 1 aromatic carbocycles. The van der Waals surface area contributed by atoms with Crippen molar-refractivity contribution < 1.29 is 9.84 Å². The lowest BCUT2D eigenvalue weighted by Gasteiger charge is -2.09. The first-order chi connectivity index (χ1) is 9.22. The highest BCUT2D eigenvalue weighted by Gasteiger charge is 2.06. The van der Waals surface area contributed by atoms with Crippen LogP contribution in [0.15, 0.2) is 47.5 Å². The molecule has 0 aliphatic heterocycles. The van der Waals surface area contributed by atoms with Crippen molar-refractivity contribution >= 4 is 11.8 Å². The highest BCUT2D eigenvalue weighted by Crippen LogP contribution is 2.24. The number of pyridine rings is 1. The molecule has 0 aliphatic carbocycles. The fraction of sp³-hybridized carbons (Fsp3) is 0.267. The van der Waals surface area contributed by atoms with Crippen LogP contribution in [0, 0.1) is 0 Å². The van der Waals surface area contributed by atoms with Crippen LogP contribution in [0.25, 0.3) is 0 Å². The Kier molecular flexibility index (Phi) is 4.82. The van der Waals surface area contributed by atoms with E-state index in [2.05, 4.69) is 4.98 Å². The maximum absolute atomic E-state index is 9.66. The van der Waals surface area contributed by atoms with Crippen molar-refractivity contribution in [1.82, 2.24) is 4.98 Å². The monoisotopic (exact) mass is 275 g/mol. The van der Waals surface area contributed by atoms with Crippen molar-refractivity contribution in [2.75, 3.05) is 6.26 Å². The third-order valence-corrected chi connectivity index (χ3v) is 3.53. The topological polar surface area (TPSA) is 42.4 Å². The molecule has 0 spiro atoms. The molecule has 0 unspecified atom stereocenters. The van der Waals surface area contributed by atoms with Gasteiger partial charge in [0.05, 0.1) is 18.0 Å². The number of rotatable bonds is 5. The lowest BCUT2D eigenvalue weighted by Crippen LogP contribution is -1.98. The first-order valence-electron chi connectivity index (χ1n) is 6.19. The fourth-order valence-electron chi connectivity index (χ4n) is 1.64. The highest BCUT2D eigenvalue weighted by molar-refractivity contribution is 7.98. The summed E-state index contributed by atoms with van der Waals surface area (Å²) in [4.78, 5) is 5.40. The molecule has 0 saturated heterocycles. The van der Waals surface area contributed by atoms with E-state index < -0.39 is 6.10 Å². The Morgan fingerprint density at radius 1 is 1.16 bits per heavy atom. The Labute approximate surface area is 117 Å². The number of thioether (sulfide) groups is 1. The minimum Gasteiger partial charge on any atom is -0.456 e. The van der Waals surface area contributed by atoms with Crippen molar-refractivity contribution in [3.05, 3.63) is 48.3 Å². The summed E-state index contributed by atoms with van der Waals surface area (Å²) in [5, 5.41) is 9.66. The van der Waals surface area contributed by atoms with Crippen LogP contribution in [0.2, 0.25) is 0 Å². The Hall–Kier alpha value is -1.52. The summed E-state index contributed by atoms with van der Waals surface area (Å²) < 4.78 is 5.69. The summed E-state index contributed by atoms with van der Waals surface area (Å²) >= 11 is 1.70. The summed E-state index contributed by atoms with van der Waals surface area (Å²) in [7, 11) is 0. The van der Waals surface area contributed by atoms with Gasteiger partial charge in [-0.1, -0.05) is 6.92 Å². The van der Waals surface area contributed by atoms with E-state index in [1.807, 2.05) is 43.5 Å². The number of aliphatic hydroxyl groups excluding tert-OH is 1. The number of nitrogens with zero attached hydrogens (tertiary/aromatic N) is 1. The van der Waals surface area contributed by atoms with Gasteiger partial charge >= 0.3 is 0 Å². The van der Waals surface area contributed by atoms with Gasteiger partial charge in [-0.2, -0.15) is 0 Å². The fourth-order valence-corrected chi connectivity index (χ4v) is 2.05. The van der Waals surface area contributed by atoms with Crippen LogP contribution < -0.4 is 4.74 Å². The summed E-state index contributed by atoms with van der Waals surface area (Å²) in [6.45, 7) is 1.92. The van der Waals surface area contributed by atoms with E-state index >= 15 is 0 Å². The van der Waals surface area contributed by atoms with Crippen LogP contribution in [-0.2, 0) is 0 Å². The highest BCUT2D eigenvalue weighted by atomic mass is 32.2. The van der Waals surface area contributed by atoms with Crippen LogP contribution in [-0.4, -0.2) is 16.3 Å². The zero-order chi connectivity index (χ0) is 13.7. The largest absolute Gasteiger partial charge is 0.456 e. The molecule has 4 heteroatoms. The minimum atomic E-state index is -0.505. The van der Waals surface area contributed by atoms with E-state index in [0.29, 0.717) is 17.9 Å². The van der Waals surface area contributed by atoms with Crippen molar-refractivity contribution in [2.24, 2.45) is 0 Å². The second kappa shape index (κ2) is 6.59. The first-order valence-corrected chi connectivity index (χ1v) is 7.41. The smallest absolute Gasteiger partial charge is 0.145 e. The number of aromatic nitrogens is 1. The molecule has 1 atom stereocenters. The predicted octanol–water partition coefficient (Wildman–Crippen LogP) is 4.04. The molecule has 100 valence electrons. The Balaban J connectivity index is 2.06. The standard InChI is InChI=1S/C15H17NO2S/c1-3-15(17)14-9-6-12(10-16-14)18-11-4-7-13(19-2)8-5-11/h4-10,15,17H,3H2,1-2H3/t15-/m0/s1. The zero-order valence-corrected chi connectivity index (χ0v) is 11.9. The lowest BCUT2D eigenvalue weighted by atomic mass is 10.2. The van der Waals surface area contributed by atoms with E-state index in [0.717, 1.165) is 5.75 Å². The average Bonchev–Trinajstić information content (AvgIpc) is 2.48. The number of hydrogen-bond acceptors (Lipinski definition) is 4. The molecule has 0 radical (unpaired) electrons. The molecule has 0 fully saturated rings. The maximum Gasteiger partial charge on any atom is 0.145 e. The summed E-state index contributed by atoms with van der Waals surface area (Å²) in [6.07, 6.45) is 3.83. The van der Waals surface area contributed by atoms with E-state index in [1.165, 1.54) is 4.90 Å². The lowest BCUT2D eigenvalue weighted by molar-refractivity contribution is 0.169. The molecule has 2 rings (SSSR count). The molecule has 1 heterocycles. The maximum atomic E-state index is 9.66. The Bertz CT molecular complexity index is 511. The molecule has 1 aromatic heterocycles. The van der Waals surface area contributed by atoms with Crippen LogP contribution in [0.4, 0.5) is 0 Å². The van der Waals surface area contributed by atoms with Crippen molar-refractivity contribution in [1.29, 1.82) is 0 Å². The van der Waals surface area contributed by atoms with Crippen LogP contribution in [0.1, 0.15) is 25.1 Å². The number of hydrogen-bond donors (Lipinski definition) is 1. The molecule has 0 bridgehead atoms. The number of ether oxygens (including phenoxy) is 1. The molecule has 1 N–H and O–H groups in total. The summed E-state index contributed by atoms with van der Waals surface area (Å²) in [5.41, 5.74) is 0.674. The Morgan fingerprint density at radius 3 is 2.37 bits per heavy atom. The van der Waals surface area contributed by atoms with Gasteiger partial charge in [0.2, 0.25) is 0 Å². The van der Waals surface area contributed by atoms with E-state index in [4.69, 9.17) is 4.74 Å². The third-order valence-electron chi connectivity index (χ3n) is 2.78. The van der Waals surface area contributed by atoms with Gasteiger partial charge in [-0.25, -0.2) is 0 Å². The second-order valence-corrected chi connectivity index (χ2v) is 5.00. The van der Waals surface area contributed by atoms with Crippen molar-refractivity contribution in [2.45, 2.75) is 24.3 Å². The zero-order valence-electron chi connectivity index (χ0n) is 11.0. The van der Waals surface area contributed by atoms with Crippen LogP contribution in [0.5, 0.6) is 11.5 Å². The molecule has 0 saturated carbocycles. The molecular formula is C15H17NO2S. The van der Waals surface area contributed by atoms with Gasteiger partial charge in [-0.15, -0.1) is 11.8 Å². The van der Waals surface area contributed by atoms with Gasteiger partial charge in [0.25, 0.3) is 0 Å². The first kappa shape index (κ1) is 13.9. The third kappa shape index (κ3) is 3.72. The number of benzene rings is 1. The quantitative estimate of drug-likeness (QED) is 0.836. The van der Waals surface area contributed by atoms with E-state index in [-0.39, 0.29) is 0 Å². The molecule has 19 heavy (non-hydrogen) atoms. The van der Waals surface area contributed by atoms with E-state index in [1.54, 1.807) is 24.0 Å². The minimum absolute atomic E-state index is 0.505. The van der Waals surface area contributed by atoms with E-state index in [9.17, 15) is 5.11 Å². The van der Waals surface area contributed by atoms with Gasteiger partial charge in [0.1, 0.15) is 11.5 Å². The Morgan fingerprint density at radius 2 is 1.84 bits per heavy atom. The van der Waals surface area contributed by atoms with Crippen LogP contribution in [0.3, 0.4) is 0 Å². The van der Waals surface area contributed by atoms with Gasteiger partial charge in [0, 0.05) is 4.90 Å². The van der Waals surface area contributed by atoms with Gasteiger partial charge < -0.3 is 9.84 Å².